The summed E-state index contributed by atoms with van der Waals surface area (Å²) in [5, 5.41) is 2.90. The highest BCUT2D eigenvalue weighted by Crippen LogP contribution is 2.19. The molecule has 1 saturated heterocycles. The van der Waals surface area contributed by atoms with E-state index in [1.54, 1.807) is 0 Å². The molecule has 1 N–H and O–H groups in total. The molecule has 0 aromatic rings. The summed E-state index contributed by atoms with van der Waals surface area (Å²) in [4.78, 5) is 39.7. The normalized spacial score (nSPS) is 14.1. The van der Waals surface area contributed by atoms with Crippen LogP contribution >= 0.6 is 0 Å². The lowest BCUT2D eigenvalue weighted by Crippen LogP contribution is -2.67. The second-order valence-electron chi connectivity index (χ2n) is 15.2. The predicted molar refractivity (Wildman–Crippen MR) is 202 cm³/mol. The zero-order chi connectivity index (χ0) is 35.8. The van der Waals surface area contributed by atoms with E-state index in [9.17, 15) is 14.4 Å². The highest BCUT2D eigenvalue weighted by Gasteiger charge is 2.38. The summed E-state index contributed by atoms with van der Waals surface area (Å²) in [7, 11) is 1.99. The van der Waals surface area contributed by atoms with E-state index in [-0.39, 0.29) is 30.7 Å². The molecular formula is C41H78N2O6. The number of carbonyl (C=O) groups is 3. The van der Waals surface area contributed by atoms with Crippen molar-refractivity contribution in [2.45, 2.75) is 212 Å². The Kier molecular flexibility index (Phi) is 28.5. The predicted octanol–water partition coefficient (Wildman–Crippen LogP) is 10.8. The molecule has 1 aliphatic rings. The van der Waals surface area contributed by atoms with Crippen molar-refractivity contribution >= 4 is 18.0 Å². The number of hydrogen-bond acceptors (Lipinski definition) is 7. The standard InChI is InChI=1S/C41H78N2O6/c1-5-7-9-11-13-15-17-19-21-23-25-27-29-31-38(44)47-33-37(49-40(46)42-41(3)35-43(4)36-41)34-48-39(45)32-30-28-26-24-22-20-18-16-14-12-10-8-6-2/h37H,5-36H2,1-4H3,(H,42,46). The van der Waals surface area contributed by atoms with Crippen LogP contribution in [0.5, 0.6) is 0 Å². The third kappa shape index (κ3) is 27.6. The zero-order valence-corrected chi connectivity index (χ0v) is 32.6. The first-order valence-corrected chi connectivity index (χ1v) is 20.8. The minimum atomic E-state index is -0.840. The number of likely N-dealkylation sites (tertiary alicyclic amines) is 1. The van der Waals surface area contributed by atoms with Crippen LogP contribution in [-0.4, -0.2) is 67.9 Å². The Hall–Kier alpha value is -1.83. The van der Waals surface area contributed by atoms with Crippen LogP contribution in [-0.2, 0) is 23.8 Å². The van der Waals surface area contributed by atoms with E-state index in [4.69, 9.17) is 14.2 Å². The van der Waals surface area contributed by atoms with Gasteiger partial charge in [0.25, 0.3) is 0 Å². The number of hydrogen-bond donors (Lipinski definition) is 1. The lowest BCUT2D eigenvalue weighted by atomic mass is 9.93. The zero-order valence-electron chi connectivity index (χ0n) is 32.6. The van der Waals surface area contributed by atoms with Crippen molar-refractivity contribution in [1.82, 2.24) is 10.2 Å². The molecule has 1 aliphatic heterocycles. The van der Waals surface area contributed by atoms with Gasteiger partial charge in [0.05, 0.1) is 5.54 Å². The van der Waals surface area contributed by atoms with Crippen molar-refractivity contribution < 1.29 is 28.6 Å². The summed E-state index contributed by atoms with van der Waals surface area (Å²) < 4.78 is 16.5. The number of likely N-dealkylation sites (N-methyl/N-ethyl adjacent to an activating group) is 1. The topological polar surface area (TPSA) is 94.2 Å². The maximum absolute atomic E-state index is 12.6. The molecule has 0 aromatic heterocycles. The molecule has 0 radical (unpaired) electrons. The number of unbranched alkanes of at least 4 members (excludes halogenated alkanes) is 24. The van der Waals surface area contributed by atoms with E-state index < -0.39 is 12.2 Å². The molecular weight excluding hydrogens is 616 g/mol. The Bertz CT molecular complexity index is 770. The van der Waals surface area contributed by atoms with Crippen molar-refractivity contribution in [3.63, 3.8) is 0 Å². The van der Waals surface area contributed by atoms with Gasteiger partial charge < -0.3 is 24.4 Å². The second kappa shape index (κ2) is 30.9. The largest absolute Gasteiger partial charge is 0.462 e. The van der Waals surface area contributed by atoms with Crippen LogP contribution in [0.15, 0.2) is 0 Å². The second-order valence-corrected chi connectivity index (χ2v) is 15.2. The van der Waals surface area contributed by atoms with Crippen LogP contribution in [0.25, 0.3) is 0 Å². The van der Waals surface area contributed by atoms with Gasteiger partial charge in [0.2, 0.25) is 0 Å². The summed E-state index contributed by atoms with van der Waals surface area (Å²) in [5.41, 5.74) is -0.355. The molecule has 1 rings (SSSR count). The summed E-state index contributed by atoms with van der Waals surface area (Å²) >= 11 is 0. The minimum Gasteiger partial charge on any atom is -0.462 e. The molecule has 0 spiro atoms. The van der Waals surface area contributed by atoms with Gasteiger partial charge in [-0.25, -0.2) is 4.79 Å². The summed E-state index contributed by atoms with van der Waals surface area (Å²) in [5.74, 6) is -0.606. The van der Waals surface area contributed by atoms with E-state index in [0.717, 1.165) is 51.6 Å². The number of nitrogens with one attached hydrogen (secondary N) is 1. The van der Waals surface area contributed by atoms with Gasteiger partial charge in [-0.3, -0.25) is 9.59 Å². The van der Waals surface area contributed by atoms with Gasteiger partial charge in [0.1, 0.15) is 13.2 Å². The van der Waals surface area contributed by atoms with Gasteiger partial charge in [-0.15, -0.1) is 0 Å². The first-order valence-electron chi connectivity index (χ1n) is 20.8. The van der Waals surface area contributed by atoms with E-state index in [1.807, 2.05) is 14.0 Å². The van der Waals surface area contributed by atoms with Crippen molar-refractivity contribution in [2.75, 3.05) is 33.4 Å². The third-order valence-electron chi connectivity index (χ3n) is 9.74. The molecule has 0 aromatic carbocycles. The van der Waals surface area contributed by atoms with E-state index >= 15 is 0 Å². The fourth-order valence-corrected chi connectivity index (χ4v) is 6.86. The quantitative estimate of drug-likeness (QED) is 0.0407. The van der Waals surface area contributed by atoms with Crippen molar-refractivity contribution in [1.29, 1.82) is 0 Å². The Morgan fingerprint density at radius 3 is 1.16 bits per heavy atom. The lowest BCUT2D eigenvalue weighted by Gasteiger charge is -2.46. The van der Waals surface area contributed by atoms with Gasteiger partial charge in [0.15, 0.2) is 6.10 Å². The molecule has 0 saturated carbocycles. The van der Waals surface area contributed by atoms with E-state index in [1.165, 1.54) is 128 Å². The SMILES string of the molecule is CCCCCCCCCCCCCCCC(=O)OCC(COC(=O)CCCCCCCCCCCCCCC)OC(=O)NC1(C)CN(C)C1. The van der Waals surface area contributed by atoms with Crippen LogP contribution in [0.3, 0.4) is 0 Å². The number of alkyl carbamates (subject to hydrolysis) is 1. The fraction of sp³-hybridized carbons (Fsp3) is 0.927. The molecule has 8 nitrogen and oxygen atoms in total. The molecule has 0 aliphatic carbocycles. The average Bonchev–Trinajstić information content (AvgIpc) is 3.05. The Labute approximate surface area is 301 Å². The van der Waals surface area contributed by atoms with Gasteiger partial charge >= 0.3 is 18.0 Å². The molecule has 1 heterocycles. The van der Waals surface area contributed by atoms with Gasteiger partial charge in [-0.05, 0) is 26.8 Å². The molecule has 1 amide bonds. The average molecular weight is 695 g/mol. The molecule has 288 valence electrons. The lowest BCUT2D eigenvalue weighted by molar-refractivity contribution is -0.152. The number of rotatable bonds is 34. The number of esters is 2. The first-order chi connectivity index (χ1) is 23.8. The number of amides is 1. The van der Waals surface area contributed by atoms with Gasteiger partial charge in [-0.1, -0.05) is 168 Å². The van der Waals surface area contributed by atoms with Crippen molar-refractivity contribution in [3.8, 4) is 0 Å². The van der Waals surface area contributed by atoms with Gasteiger partial charge in [0, 0.05) is 25.9 Å². The Balaban J connectivity index is 2.21. The monoisotopic (exact) mass is 695 g/mol. The minimum absolute atomic E-state index is 0.118. The maximum atomic E-state index is 12.6. The van der Waals surface area contributed by atoms with E-state index in [0.29, 0.717) is 12.8 Å². The van der Waals surface area contributed by atoms with Crippen LogP contribution in [0.4, 0.5) is 4.79 Å². The Morgan fingerprint density at radius 1 is 0.551 bits per heavy atom. The maximum Gasteiger partial charge on any atom is 0.408 e. The molecule has 0 bridgehead atoms. The molecule has 49 heavy (non-hydrogen) atoms. The summed E-state index contributed by atoms with van der Waals surface area (Å²) in [6, 6.07) is 0. The number of nitrogens with zero attached hydrogens (tertiary/aromatic N) is 1. The fourth-order valence-electron chi connectivity index (χ4n) is 6.86. The summed E-state index contributed by atoms with van der Waals surface area (Å²) in [6.45, 7) is 7.71. The molecule has 0 atom stereocenters. The van der Waals surface area contributed by atoms with Crippen LogP contribution in [0.2, 0.25) is 0 Å². The number of ether oxygens (including phenoxy) is 3. The molecule has 1 fully saturated rings. The van der Waals surface area contributed by atoms with Crippen LogP contribution in [0, 0.1) is 0 Å². The summed E-state index contributed by atoms with van der Waals surface area (Å²) in [6.07, 6.45) is 31.8. The van der Waals surface area contributed by atoms with Gasteiger partial charge in [-0.2, -0.15) is 0 Å². The molecule has 8 heteroatoms. The third-order valence-corrected chi connectivity index (χ3v) is 9.74. The van der Waals surface area contributed by atoms with E-state index in [2.05, 4.69) is 24.1 Å². The smallest absolute Gasteiger partial charge is 0.408 e. The molecule has 0 unspecified atom stereocenters. The number of carbonyl (C=O) groups excluding carboxylic acids is 3. The highest BCUT2D eigenvalue weighted by atomic mass is 16.6. The van der Waals surface area contributed by atoms with Crippen molar-refractivity contribution in [2.24, 2.45) is 0 Å². The van der Waals surface area contributed by atoms with Crippen LogP contribution in [0.1, 0.15) is 201 Å². The Morgan fingerprint density at radius 2 is 0.857 bits per heavy atom. The first kappa shape index (κ1) is 45.2. The van der Waals surface area contributed by atoms with Crippen LogP contribution < -0.4 is 5.32 Å². The highest BCUT2D eigenvalue weighted by molar-refractivity contribution is 5.70. The van der Waals surface area contributed by atoms with Crippen molar-refractivity contribution in [3.05, 3.63) is 0 Å².